The second-order valence-corrected chi connectivity index (χ2v) is 8.28. The SMILES string of the molecule is CCCCOc1cn(CCS(=O)(=O)c2ccc(Cl)cc2)cc(C=O)c1=O. The fourth-order valence-corrected chi connectivity index (χ4v) is 3.62. The number of pyridine rings is 1. The predicted molar refractivity (Wildman–Crippen MR) is 100.0 cm³/mol. The Bertz CT molecular complexity index is 920. The van der Waals surface area contributed by atoms with E-state index in [1.54, 1.807) is 0 Å². The van der Waals surface area contributed by atoms with E-state index in [1.807, 2.05) is 6.92 Å². The third-order valence-corrected chi connectivity index (χ3v) is 5.71. The number of ether oxygens (including phenoxy) is 1. The van der Waals surface area contributed by atoms with Crippen molar-refractivity contribution in [2.24, 2.45) is 0 Å². The zero-order chi connectivity index (χ0) is 19.2. The van der Waals surface area contributed by atoms with Crippen molar-refractivity contribution in [3.05, 3.63) is 57.5 Å². The standard InChI is InChI=1S/C18H20ClNO5S/c1-2-3-9-25-17-12-20(11-14(13-21)18(17)22)8-10-26(23,24)16-6-4-15(19)5-7-16/h4-7,11-13H,2-3,8-10H2,1H3. The average Bonchev–Trinajstić information content (AvgIpc) is 2.62. The first-order valence-electron chi connectivity index (χ1n) is 8.17. The number of aldehydes is 1. The molecule has 0 amide bonds. The molecule has 1 heterocycles. The summed E-state index contributed by atoms with van der Waals surface area (Å²) >= 11 is 5.78. The number of aryl methyl sites for hydroxylation is 1. The minimum absolute atomic E-state index is 0.0481. The maximum absolute atomic E-state index is 12.4. The number of aromatic nitrogens is 1. The highest BCUT2D eigenvalue weighted by Gasteiger charge is 2.15. The van der Waals surface area contributed by atoms with E-state index in [0.29, 0.717) is 17.9 Å². The summed E-state index contributed by atoms with van der Waals surface area (Å²) in [5.41, 5.74) is -0.559. The molecule has 0 atom stereocenters. The molecule has 0 aliphatic rings. The molecule has 8 heteroatoms. The third kappa shape index (κ3) is 5.19. The van der Waals surface area contributed by atoms with Crippen molar-refractivity contribution >= 4 is 27.7 Å². The maximum Gasteiger partial charge on any atom is 0.233 e. The molecular weight excluding hydrogens is 378 g/mol. The van der Waals surface area contributed by atoms with Crippen LogP contribution < -0.4 is 10.2 Å². The van der Waals surface area contributed by atoms with Crippen molar-refractivity contribution in [2.75, 3.05) is 12.4 Å². The fourth-order valence-electron chi connectivity index (χ4n) is 2.25. The predicted octanol–water partition coefficient (Wildman–Crippen LogP) is 2.97. The number of nitrogens with zero attached hydrogens (tertiary/aromatic N) is 1. The number of halogens is 1. The Morgan fingerprint density at radius 2 is 1.88 bits per heavy atom. The lowest BCUT2D eigenvalue weighted by Gasteiger charge is -2.11. The number of hydrogen-bond acceptors (Lipinski definition) is 5. The molecule has 0 fully saturated rings. The van der Waals surface area contributed by atoms with Gasteiger partial charge in [0.15, 0.2) is 21.9 Å². The van der Waals surface area contributed by atoms with Crippen LogP contribution in [0, 0.1) is 0 Å². The highest BCUT2D eigenvalue weighted by Crippen LogP contribution is 2.16. The van der Waals surface area contributed by atoms with Crippen molar-refractivity contribution in [3.63, 3.8) is 0 Å². The summed E-state index contributed by atoms with van der Waals surface area (Å²) in [6, 6.07) is 5.91. The molecule has 140 valence electrons. The summed E-state index contributed by atoms with van der Waals surface area (Å²) < 4.78 is 31.7. The van der Waals surface area contributed by atoms with Crippen LogP contribution in [0.25, 0.3) is 0 Å². The number of benzene rings is 1. The lowest BCUT2D eigenvalue weighted by Crippen LogP contribution is -2.19. The Morgan fingerprint density at radius 3 is 2.50 bits per heavy atom. The Balaban J connectivity index is 2.20. The first-order valence-corrected chi connectivity index (χ1v) is 10.2. The van der Waals surface area contributed by atoms with Crippen LogP contribution in [0.4, 0.5) is 0 Å². The lowest BCUT2D eigenvalue weighted by atomic mass is 10.3. The number of carbonyl (C=O) groups excluding carboxylic acids is 1. The molecule has 1 aromatic carbocycles. The van der Waals surface area contributed by atoms with Crippen LogP contribution in [0.2, 0.25) is 5.02 Å². The topological polar surface area (TPSA) is 82.4 Å². The Hall–Kier alpha value is -2.12. The van der Waals surface area contributed by atoms with Crippen LogP contribution in [-0.2, 0) is 16.4 Å². The lowest BCUT2D eigenvalue weighted by molar-refractivity contribution is 0.112. The van der Waals surface area contributed by atoms with Gasteiger partial charge in [0.05, 0.1) is 29.0 Å². The van der Waals surface area contributed by atoms with Crippen molar-refractivity contribution in [1.82, 2.24) is 4.57 Å². The summed E-state index contributed by atoms with van der Waals surface area (Å²) in [6.45, 7) is 2.43. The van der Waals surface area contributed by atoms with Gasteiger partial charge >= 0.3 is 0 Å². The molecule has 2 aromatic rings. The van der Waals surface area contributed by atoms with Gasteiger partial charge in [0, 0.05) is 17.8 Å². The van der Waals surface area contributed by atoms with Crippen molar-refractivity contribution in [2.45, 2.75) is 31.2 Å². The van der Waals surface area contributed by atoms with E-state index in [9.17, 15) is 18.0 Å². The van der Waals surface area contributed by atoms with Crippen molar-refractivity contribution in [3.8, 4) is 5.75 Å². The Morgan fingerprint density at radius 1 is 1.19 bits per heavy atom. The van der Waals surface area contributed by atoms with Gasteiger partial charge < -0.3 is 9.30 Å². The van der Waals surface area contributed by atoms with E-state index in [4.69, 9.17) is 16.3 Å². The molecule has 1 aromatic heterocycles. The first kappa shape index (κ1) is 20.2. The van der Waals surface area contributed by atoms with E-state index in [-0.39, 0.29) is 28.5 Å². The molecule has 0 bridgehead atoms. The molecule has 0 unspecified atom stereocenters. The van der Waals surface area contributed by atoms with E-state index >= 15 is 0 Å². The Labute approximate surface area is 157 Å². The average molecular weight is 398 g/mol. The molecule has 0 saturated heterocycles. The van der Waals surface area contributed by atoms with Crippen LogP contribution in [0.1, 0.15) is 30.1 Å². The summed E-state index contributed by atoms with van der Waals surface area (Å²) in [5.74, 6) is -0.142. The van der Waals surface area contributed by atoms with Crippen LogP contribution in [-0.4, -0.2) is 31.6 Å². The normalized spacial score (nSPS) is 11.3. The molecule has 2 rings (SSSR count). The van der Waals surface area contributed by atoms with E-state index < -0.39 is 15.3 Å². The molecule has 0 spiro atoms. The van der Waals surface area contributed by atoms with E-state index in [0.717, 1.165) is 12.8 Å². The van der Waals surface area contributed by atoms with Crippen LogP contribution >= 0.6 is 11.6 Å². The number of unbranched alkanes of at least 4 members (excludes halogenated alkanes) is 1. The summed E-state index contributed by atoms with van der Waals surface area (Å²) in [6.07, 6.45) is 4.89. The van der Waals surface area contributed by atoms with Crippen LogP contribution in [0.3, 0.4) is 0 Å². The van der Waals surface area contributed by atoms with Gasteiger partial charge in [-0.1, -0.05) is 24.9 Å². The third-order valence-electron chi connectivity index (χ3n) is 3.75. The molecule has 6 nitrogen and oxygen atoms in total. The summed E-state index contributed by atoms with van der Waals surface area (Å²) in [5, 5.41) is 0.453. The number of carbonyl (C=O) groups is 1. The molecule has 26 heavy (non-hydrogen) atoms. The second kappa shape index (κ2) is 9.00. The van der Waals surface area contributed by atoms with E-state index in [2.05, 4.69) is 0 Å². The maximum atomic E-state index is 12.4. The Kier molecular flexibility index (Phi) is 6.99. The molecule has 0 N–H and O–H groups in total. The minimum Gasteiger partial charge on any atom is -0.488 e. The van der Waals surface area contributed by atoms with Crippen molar-refractivity contribution < 1.29 is 17.9 Å². The van der Waals surface area contributed by atoms with Gasteiger partial charge in [0.1, 0.15) is 0 Å². The smallest absolute Gasteiger partial charge is 0.233 e. The summed E-state index contributed by atoms with van der Waals surface area (Å²) in [7, 11) is -3.53. The number of rotatable bonds is 9. The van der Waals surface area contributed by atoms with Crippen LogP contribution in [0.5, 0.6) is 5.75 Å². The molecule has 0 aliphatic heterocycles. The molecule has 0 radical (unpaired) electrons. The van der Waals surface area contributed by atoms with Gasteiger partial charge in [0.25, 0.3) is 0 Å². The highest BCUT2D eigenvalue weighted by molar-refractivity contribution is 7.91. The van der Waals surface area contributed by atoms with Gasteiger partial charge in [-0.25, -0.2) is 8.42 Å². The van der Waals surface area contributed by atoms with Gasteiger partial charge in [-0.15, -0.1) is 0 Å². The molecule has 0 aliphatic carbocycles. The van der Waals surface area contributed by atoms with Gasteiger partial charge in [0.2, 0.25) is 5.43 Å². The zero-order valence-electron chi connectivity index (χ0n) is 14.4. The highest BCUT2D eigenvalue weighted by atomic mass is 35.5. The molecule has 0 saturated carbocycles. The molecular formula is C18H20ClNO5S. The minimum atomic E-state index is -3.53. The van der Waals surface area contributed by atoms with Crippen LogP contribution in [0.15, 0.2) is 46.3 Å². The van der Waals surface area contributed by atoms with E-state index in [1.165, 1.54) is 41.2 Å². The van der Waals surface area contributed by atoms with Gasteiger partial charge in [-0.2, -0.15) is 0 Å². The quantitative estimate of drug-likeness (QED) is 0.480. The number of sulfone groups is 1. The van der Waals surface area contributed by atoms with Crippen molar-refractivity contribution in [1.29, 1.82) is 0 Å². The largest absolute Gasteiger partial charge is 0.488 e. The fraction of sp³-hybridized carbons (Fsp3) is 0.333. The monoisotopic (exact) mass is 397 g/mol. The zero-order valence-corrected chi connectivity index (χ0v) is 15.9. The second-order valence-electron chi connectivity index (χ2n) is 5.74. The summed E-state index contributed by atoms with van der Waals surface area (Å²) in [4.78, 5) is 23.4. The number of hydrogen-bond donors (Lipinski definition) is 0. The van der Waals surface area contributed by atoms with Gasteiger partial charge in [-0.3, -0.25) is 9.59 Å². The van der Waals surface area contributed by atoms with Gasteiger partial charge in [-0.05, 0) is 30.7 Å². The first-order chi connectivity index (χ1) is 12.4.